The Hall–Kier alpha value is -1.01. The van der Waals surface area contributed by atoms with E-state index in [9.17, 15) is 9.59 Å². The predicted molar refractivity (Wildman–Crippen MR) is 77.6 cm³/mol. The highest BCUT2D eigenvalue weighted by atomic mass is 32.2. The smallest absolute Gasteiger partial charge is 0.319 e. The molecule has 0 aliphatic carbocycles. The SMILES string of the molecule is CC(C)(SCC(=O)N1CCc2sccc2C1)C(=O)O. The molecule has 0 fully saturated rings. The number of thioether (sulfide) groups is 1. The summed E-state index contributed by atoms with van der Waals surface area (Å²) in [5, 5.41) is 11.1. The van der Waals surface area contributed by atoms with Gasteiger partial charge in [-0.2, -0.15) is 0 Å². The van der Waals surface area contributed by atoms with Crippen molar-refractivity contribution < 1.29 is 14.7 Å². The van der Waals surface area contributed by atoms with Crippen LogP contribution in [0, 0.1) is 0 Å². The summed E-state index contributed by atoms with van der Waals surface area (Å²) in [4.78, 5) is 26.3. The van der Waals surface area contributed by atoms with E-state index < -0.39 is 10.7 Å². The number of hydrogen-bond donors (Lipinski definition) is 1. The highest BCUT2D eigenvalue weighted by Gasteiger charge is 2.30. The normalized spacial score (nSPS) is 15.2. The zero-order valence-corrected chi connectivity index (χ0v) is 12.6. The van der Waals surface area contributed by atoms with Gasteiger partial charge >= 0.3 is 5.97 Å². The number of nitrogens with zero attached hydrogens (tertiary/aromatic N) is 1. The zero-order valence-electron chi connectivity index (χ0n) is 11.0. The maximum atomic E-state index is 12.1. The maximum Gasteiger partial charge on any atom is 0.319 e. The Morgan fingerprint density at radius 3 is 2.95 bits per heavy atom. The summed E-state index contributed by atoms with van der Waals surface area (Å²) < 4.78 is -0.918. The van der Waals surface area contributed by atoms with E-state index in [4.69, 9.17) is 5.11 Å². The van der Waals surface area contributed by atoms with Gasteiger partial charge in [0.2, 0.25) is 5.91 Å². The quantitative estimate of drug-likeness (QED) is 0.926. The number of carboxylic acid groups (broad SMARTS) is 1. The standard InChI is InChI=1S/C13H17NO3S2/c1-13(2,12(16)17)19-8-11(15)14-5-3-10-9(7-14)4-6-18-10/h4,6H,3,5,7-8H2,1-2H3,(H,16,17). The molecule has 0 aromatic carbocycles. The zero-order chi connectivity index (χ0) is 14.0. The summed E-state index contributed by atoms with van der Waals surface area (Å²) in [5.74, 6) is -0.640. The van der Waals surface area contributed by atoms with Crippen molar-refractivity contribution in [3.63, 3.8) is 0 Å². The molecule has 2 rings (SSSR count). The Labute approximate surface area is 120 Å². The molecule has 6 heteroatoms. The molecule has 0 radical (unpaired) electrons. The molecule has 1 amide bonds. The van der Waals surface area contributed by atoms with Crippen LogP contribution in [0.5, 0.6) is 0 Å². The van der Waals surface area contributed by atoms with Crippen LogP contribution in [-0.4, -0.2) is 38.9 Å². The Kier molecular flexibility index (Phi) is 4.20. The van der Waals surface area contributed by atoms with Crippen LogP contribution in [-0.2, 0) is 22.6 Å². The highest BCUT2D eigenvalue weighted by molar-refractivity contribution is 8.01. The number of fused-ring (bicyclic) bond motifs is 1. The minimum Gasteiger partial charge on any atom is -0.480 e. The molecular formula is C13H17NO3S2. The third kappa shape index (κ3) is 3.30. The van der Waals surface area contributed by atoms with Crippen LogP contribution in [0.4, 0.5) is 0 Å². The van der Waals surface area contributed by atoms with Crippen molar-refractivity contribution in [3.8, 4) is 0 Å². The minimum atomic E-state index is -0.918. The Bertz CT molecular complexity index is 496. The van der Waals surface area contributed by atoms with E-state index in [0.717, 1.165) is 13.0 Å². The third-order valence-corrected chi connectivity index (χ3v) is 5.54. The summed E-state index contributed by atoms with van der Waals surface area (Å²) in [5.41, 5.74) is 1.23. The van der Waals surface area contributed by atoms with Gasteiger partial charge in [0.1, 0.15) is 4.75 Å². The molecule has 1 aliphatic rings. The van der Waals surface area contributed by atoms with Gasteiger partial charge in [0.05, 0.1) is 5.75 Å². The van der Waals surface area contributed by atoms with Crippen LogP contribution >= 0.6 is 23.1 Å². The Morgan fingerprint density at radius 2 is 2.26 bits per heavy atom. The van der Waals surface area contributed by atoms with Crippen molar-refractivity contribution in [1.82, 2.24) is 4.90 Å². The lowest BCUT2D eigenvalue weighted by atomic mass is 10.1. The lowest BCUT2D eigenvalue weighted by Gasteiger charge is -2.28. The molecule has 2 heterocycles. The Morgan fingerprint density at radius 1 is 1.53 bits per heavy atom. The first-order chi connectivity index (χ1) is 8.90. The van der Waals surface area contributed by atoms with E-state index >= 15 is 0 Å². The molecule has 1 aromatic heterocycles. The first-order valence-electron chi connectivity index (χ1n) is 6.10. The van der Waals surface area contributed by atoms with Crippen molar-refractivity contribution >= 4 is 35.0 Å². The van der Waals surface area contributed by atoms with Gasteiger partial charge in [-0.15, -0.1) is 23.1 Å². The molecule has 0 bridgehead atoms. The summed E-state index contributed by atoms with van der Waals surface area (Å²) in [7, 11) is 0. The van der Waals surface area contributed by atoms with Crippen molar-refractivity contribution in [1.29, 1.82) is 0 Å². The molecule has 19 heavy (non-hydrogen) atoms. The van der Waals surface area contributed by atoms with Gasteiger partial charge in [0.25, 0.3) is 0 Å². The number of rotatable bonds is 4. The molecule has 1 N–H and O–H groups in total. The van der Waals surface area contributed by atoms with Crippen LogP contribution in [0.2, 0.25) is 0 Å². The first-order valence-corrected chi connectivity index (χ1v) is 7.97. The summed E-state index contributed by atoms with van der Waals surface area (Å²) in [6.45, 7) is 4.65. The average molecular weight is 299 g/mol. The first kappa shape index (κ1) is 14.4. The molecule has 1 aromatic rings. The van der Waals surface area contributed by atoms with E-state index in [-0.39, 0.29) is 11.7 Å². The second-order valence-electron chi connectivity index (χ2n) is 5.04. The van der Waals surface area contributed by atoms with Gasteiger partial charge < -0.3 is 10.0 Å². The van der Waals surface area contributed by atoms with Crippen LogP contribution in [0.15, 0.2) is 11.4 Å². The summed E-state index contributed by atoms with van der Waals surface area (Å²) in [6.07, 6.45) is 0.908. The molecule has 1 aliphatic heterocycles. The number of carbonyl (C=O) groups is 2. The number of carboxylic acids is 1. The fraction of sp³-hybridized carbons (Fsp3) is 0.538. The predicted octanol–water partition coefficient (Wildman–Crippen LogP) is 2.23. The topological polar surface area (TPSA) is 57.6 Å². The monoisotopic (exact) mass is 299 g/mol. The largest absolute Gasteiger partial charge is 0.480 e. The van der Waals surface area contributed by atoms with Crippen LogP contribution < -0.4 is 0 Å². The molecule has 4 nitrogen and oxygen atoms in total. The van der Waals surface area contributed by atoms with Crippen molar-refractivity contribution in [2.24, 2.45) is 0 Å². The van der Waals surface area contributed by atoms with Gasteiger partial charge in [-0.3, -0.25) is 9.59 Å². The van der Waals surface area contributed by atoms with Gasteiger partial charge in [0.15, 0.2) is 0 Å². The van der Waals surface area contributed by atoms with E-state index in [1.165, 1.54) is 22.2 Å². The molecule has 0 atom stereocenters. The summed E-state index contributed by atoms with van der Waals surface area (Å²) in [6, 6.07) is 2.06. The molecule has 0 saturated heterocycles. The van der Waals surface area contributed by atoms with Crippen molar-refractivity contribution in [3.05, 3.63) is 21.9 Å². The van der Waals surface area contributed by atoms with Crippen molar-refractivity contribution in [2.45, 2.75) is 31.6 Å². The lowest BCUT2D eigenvalue weighted by Crippen LogP contribution is -2.38. The number of hydrogen-bond acceptors (Lipinski definition) is 4. The number of carbonyl (C=O) groups excluding carboxylic acids is 1. The summed E-state index contributed by atoms with van der Waals surface area (Å²) >= 11 is 2.92. The lowest BCUT2D eigenvalue weighted by molar-refractivity contribution is -0.138. The highest BCUT2D eigenvalue weighted by Crippen LogP contribution is 2.27. The van der Waals surface area contributed by atoms with Crippen LogP contribution in [0.3, 0.4) is 0 Å². The molecule has 0 unspecified atom stereocenters. The van der Waals surface area contributed by atoms with Crippen LogP contribution in [0.1, 0.15) is 24.3 Å². The second-order valence-corrected chi connectivity index (χ2v) is 7.64. The molecule has 0 saturated carbocycles. The van der Waals surface area contributed by atoms with Gasteiger partial charge in [-0.25, -0.2) is 0 Å². The third-order valence-electron chi connectivity index (χ3n) is 3.23. The second kappa shape index (κ2) is 5.54. The number of thiophene rings is 1. The van der Waals surface area contributed by atoms with Gasteiger partial charge in [-0.05, 0) is 37.3 Å². The number of amides is 1. The van der Waals surface area contributed by atoms with Gasteiger partial charge in [0, 0.05) is 18.0 Å². The van der Waals surface area contributed by atoms with Gasteiger partial charge in [-0.1, -0.05) is 0 Å². The maximum absolute atomic E-state index is 12.1. The van der Waals surface area contributed by atoms with E-state index in [1.54, 1.807) is 25.2 Å². The molecular weight excluding hydrogens is 282 g/mol. The molecule has 0 spiro atoms. The van der Waals surface area contributed by atoms with Crippen LogP contribution in [0.25, 0.3) is 0 Å². The fourth-order valence-corrected chi connectivity index (χ4v) is 3.54. The fourth-order valence-electron chi connectivity index (χ4n) is 1.86. The Balaban J connectivity index is 1.90. The van der Waals surface area contributed by atoms with E-state index in [1.807, 2.05) is 4.90 Å². The van der Waals surface area contributed by atoms with E-state index in [2.05, 4.69) is 11.4 Å². The van der Waals surface area contributed by atoms with E-state index in [0.29, 0.717) is 6.54 Å². The minimum absolute atomic E-state index is 0.0242. The number of aliphatic carboxylic acids is 1. The molecule has 104 valence electrons. The average Bonchev–Trinajstić information content (AvgIpc) is 2.82. The van der Waals surface area contributed by atoms with Crippen molar-refractivity contribution in [2.75, 3.05) is 12.3 Å².